The number of fused-ring (bicyclic) bond motifs is 4. The largest absolute Gasteiger partial charge is 0.502 e. The first kappa shape index (κ1) is 21.0. The summed E-state index contributed by atoms with van der Waals surface area (Å²) in [5.41, 5.74) is 1.19. The third-order valence-corrected chi connectivity index (χ3v) is 8.65. The Morgan fingerprint density at radius 3 is 2.74 bits per heavy atom. The Kier molecular flexibility index (Phi) is 4.41. The SMILES string of the molecule is O=C1c2c(O)c(=O)ccn2N([C@@H]2c3ccccc3SCc3cccc(F)c32)[C@@H]2COC3(CC3)CN12. The fourth-order valence-corrected chi connectivity index (χ4v) is 6.68. The van der Waals surface area contributed by atoms with Crippen molar-refractivity contribution < 1.29 is 19.0 Å². The zero-order valence-corrected chi connectivity index (χ0v) is 19.5. The molecule has 3 aliphatic heterocycles. The lowest BCUT2D eigenvalue weighted by Gasteiger charge is -2.53. The number of aromatic hydroxyl groups is 1. The number of carbonyl (C=O) groups is 1. The summed E-state index contributed by atoms with van der Waals surface area (Å²) in [4.78, 5) is 28.7. The first-order chi connectivity index (χ1) is 17.0. The molecule has 1 saturated heterocycles. The molecule has 4 heterocycles. The van der Waals surface area contributed by atoms with E-state index >= 15 is 4.39 Å². The molecule has 1 aromatic heterocycles. The Bertz CT molecular complexity index is 1450. The molecule has 2 aromatic carbocycles. The van der Waals surface area contributed by atoms with E-state index in [2.05, 4.69) is 0 Å². The second-order valence-electron chi connectivity index (χ2n) is 9.55. The van der Waals surface area contributed by atoms with Crippen LogP contribution in [0.4, 0.5) is 4.39 Å². The highest BCUT2D eigenvalue weighted by Crippen LogP contribution is 2.48. The second kappa shape index (κ2) is 7.35. The van der Waals surface area contributed by atoms with Gasteiger partial charge in [0.25, 0.3) is 5.91 Å². The van der Waals surface area contributed by atoms with Crippen molar-refractivity contribution in [3.63, 3.8) is 0 Å². The fourth-order valence-electron chi connectivity index (χ4n) is 5.59. The number of thioether (sulfide) groups is 1. The zero-order valence-electron chi connectivity index (χ0n) is 18.7. The van der Waals surface area contributed by atoms with Crippen molar-refractivity contribution in [3.05, 3.63) is 93.2 Å². The van der Waals surface area contributed by atoms with Crippen LogP contribution in [0.25, 0.3) is 0 Å². The Labute approximate surface area is 204 Å². The van der Waals surface area contributed by atoms with Crippen LogP contribution in [-0.4, -0.2) is 45.5 Å². The number of nitrogens with zero attached hydrogens (tertiary/aromatic N) is 3. The molecule has 35 heavy (non-hydrogen) atoms. The average molecular weight is 492 g/mol. The number of rotatable bonds is 1. The Morgan fingerprint density at radius 2 is 1.91 bits per heavy atom. The molecule has 0 radical (unpaired) electrons. The van der Waals surface area contributed by atoms with Gasteiger partial charge in [0.1, 0.15) is 18.0 Å². The van der Waals surface area contributed by atoms with E-state index in [1.165, 1.54) is 23.0 Å². The number of benzene rings is 2. The van der Waals surface area contributed by atoms with Gasteiger partial charge >= 0.3 is 0 Å². The third kappa shape index (κ3) is 3.01. The summed E-state index contributed by atoms with van der Waals surface area (Å²) in [6, 6.07) is 13.6. The van der Waals surface area contributed by atoms with E-state index in [9.17, 15) is 14.7 Å². The standard InChI is InChI=1S/C26H22FN3O4S/c27-17-6-3-4-15-13-35-19-7-2-1-5-16(19)22(21(15)17)30-20-12-34-26(9-10-26)14-28(20)25(33)23-24(32)18(31)8-11-29(23)30/h1-8,11,20,22,32H,9-10,12-14H2/t20-,22-/m1/s1. The van der Waals surface area contributed by atoms with Crippen molar-refractivity contribution >= 4 is 17.7 Å². The highest BCUT2D eigenvalue weighted by Gasteiger charge is 2.55. The maximum absolute atomic E-state index is 15.6. The lowest BCUT2D eigenvalue weighted by molar-refractivity contribution is -0.0791. The summed E-state index contributed by atoms with van der Waals surface area (Å²) in [5, 5.41) is 12.7. The first-order valence-electron chi connectivity index (χ1n) is 11.6. The van der Waals surface area contributed by atoms with Crippen LogP contribution in [0, 0.1) is 5.82 Å². The molecule has 0 unspecified atom stereocenters. The van der Waals surface area contributed by atoms with Crippen LogP contribution in [0.3, 0.4) is 0 Å². The van der Waals surface area contributed by atoms with Gasteiger partial charge in [0, 0.05) is 28.5 Å². The second-order valence-corrected chi connectivity index (χ2v) is 10.6. The minimum Gasteiger partial charge on any atom is -0.502 e. The van der Waals surface area contributed by atoms with Crippen LogP contribution in [0.1, 0.15) is 46.1 Å². The van der Waals surface area contributed by atoms with E-state index in [-0.39, 0.29) is 23.7 Å². The topological polar surface area (TPSA) is 75.0 Å². The Balaban J connectivity index is 1.52. The number of ether oxygens (including phenoxy) is 1. The van der Waals surface area contributed by atoms with Crippen molar-refractivity contribution in [3.8, 4) is 5.75 Å². The molecule has 7 nitrogen and oxygen atoms in total. The highest BCUT2D eigenvalue weighted by atomic mass is 32.2. The molecular formula is C26H22FN3O4S. The van der Waals surface area contributed by atoms with E-state index in [0.29, 0.717) is 17.9 Å². The number of morpholine rings is 1. The van der Waals surface area contributed by atoms with Crippen molar-refractivity contribution in [2.75, 3.05) is 18.2 Å². The van der Waals surface area contributed by atoms with Gasteiger partial charge in [-0.25, -0.2) is 4.39 Å². The smallest absolute Gasteiger partial charge is 0.278 e. The van der Waals surface area contributed by atoms with Crippen molar-refractivity contribution in [2.24, 2.45) is 0 Å². The van der Waals surface area contributed by atoms with Gasteiger partial charge in [-0.05, 0) is 36.1 Å². The van der Waals surface area contributed by atoms with Crippen molar-refractivity contribution in [2.45, 2.75) is 41.3 Å². The van der Waals surface area contributed by atoms with E-state index in [0.717, 1.165) is 28.9 Å². The predicted octanol–water partition coefficient (Wildman–Crippen LogP) is 3.37. The fraction of sp³-hybridized carbons (Fsp3) is 0.308. The van der Waals surface area contributed by atoms with Crippen LogP contribution in [0.5, 0.6) is 5.75 Å². The van der Waals surface area contributed by atoms with Gasteiger partial charge in [-0.15, -0.1) is 11.8 Å². The number of hydrogen-bond donors (Lipinski definition) is 1. The molecule has 2 atom stereocenters. The molecule has 1 amide bonds. The Hall–Kier alpha value is -3.30. The van der Waals surface area contributed by atoms with Crippen molar-refractivity contribution in [1.29, 1.82) is 0 Å². The predicted molar refractivity (Wildman–Crippen MR) is 128 cm³/mol. The summed E-state index contributed by atoms with van der Waals surface area (Å²) in [6.45, 7) is 0.608. The van der Waals surface area contributed by atoms with Crippen LogP contribution in [0.2, 0.25) is 0 Å². The molecule has 1 N–H and O–H groups in total. The number of carbonyl (C=O) groups excluding carboxylic acids is 1. The Morgan fingerprint density at radius 1 is 1.09 bits per heavy atom. The number of halogens is 1. The van der Waals surface area contributed by atoms with Gasteiger partial charge in [0.2, 0.25) is 5.43 Å². The molecular weight excluding hydrogens is 469 g/mol. The molecule has 1 aliphatic carbocycles. The van der Waals surface area contributed by atoms with Crippen LogP contribution >= 0.6 is 11.8 Å². The molecule has 9 heteroatoms. The monoisotopic (exact) mass is 491 g/mol. The summed E-state index contributed by atoms with van der Waals surface area (Å²) < 4.78 is 23.4. The van der Waals surface area contributed by atoms with E-state index in [1.807, 2.05) is 35.3 Å². The zero-order chi connectivity index (χ0) is 23.9. The molecule has 178 valence electrons. The summed E-state index contributed by atoms with van der Waals surface area (Å²) in [7, 11) is 0. The van der Waals surface area contributed by atoms with Gasteiger partial charge in [0.15, 0.2) is 11.4 Å². The lowest BCUT2D eigenvalue weighted by atomic mass is 9.93. The first-order valence-corrected chi connectivity index (χ1v) is 12.6. The molecule has 3 aromatic rings. The molecule has 1 saturated carbocycles. The van der Waals surface area contributed by atoms with Gasteiger partial charge in [-0.3, -0.25) is 19.3 Å². The third-order valence-electron chi connectivity index (χ3n) is 7.51. The summed E-state index contributed by atoms with van der Waals surface area (Å²) in [6.07, 6.45) is 2.67. The average Bonchev–Trinajstić information content (AvgIpc) is 3.64. The number of hydrogen-bond acceptors (Lipinski definition) is 6. The molecule has 4 aliphatic rings. The van der Waals surface area contributed by atoms with Gasteiger partial charge in [-0.2, -0.15) is 0 Å². The number of aromatic nitrogens is 1. The van der Waals surface area contributed by atoms with Crippen LogP contribution in [-0.2, 0) is 10.5 Å². The minimum absolute atomic E-state index is 0.0984. The van der Waals surface area contributed by atoms with Crippen LogP contribution in [0.15, 0.2) is 64.4 Å². The molecule has 7 rings (SSSR count). The van der Waals surface area contributed by atoms with Crippen LogP contribution < -0.4 is 10.4 Å². The lowest BCUT2D eigenvalue weighted by Crippen LogP contribution is -2.68. The minimum atomic E-state index is -0.624. The van der Waals surface area contributed by atoms with E-state index in [4.69, 9.17) is 4.74 Å². The van der Waals surface area contributed by atoms with E-state index < -0.39 is 29.3 Å². The number of pyridine rings is 1. The van der Waals surface area contributed by atoms with Crippen molar-refractivity contribution in [1.82, 2.24) is 9.58 Å². The summed E-state index contributed by atoms with van der Waals surface area (Å²) >= 11 is 1.64. The molecule has 1 spiro atoms. The van der Waals surface area contributed by atoms with Gasteiger partial charge in [0.05, 0.1) is 18.8 Å². The maximum atomic E-state index is 15.6. The summed E-state index contributed by atoms with van der Waals surface area (Å²) in [5.74, 6) is -0.747. The molecule has 0 bridgehead atoms. The number of amides is 1. The maximum Gasteiger partial charge on any atom is 0.278 e. The van der Waals surface area contributed by atoms with Gasteiger partial charge < -0.3 is 14.7 Å². The van der Waals surface area contributed by atoms with E-state index in [1.54, 1.807) is 22.7 Å². The molecule has 2 fully saturated rings. The quantitative estimate of drug-likeness (QED) is 0.563. The highest BCUT2D eigenvalue weighted by molar-refractivity contribution is 7.98. The van der Waals surface area contributed by atoms with Gasteiger partial charge in [-0.1, -0.05) is 30.3 Å². The normalized spacial score (nSPS) is 23.7.